The van der Waals surface area contributed by atoms with Gasteiger partial charge in [-0.1, -0.05) is 18.2 Å². The fraction of sp³-hybridized carbons (Fsp3) is 0.143. The molecular weight excluding hydrogens is 228 g/mol. The zero-order chi connectivity index (χ0) is 12.7. The molecule has 0 saturated carbocycles. The van der Waals surface area contributed by atoms with Gasteiger partial charge in [-0.15, -0.1) is 0 Å². The van der Waals surface area contributed by atoms with Crippen LogP contribution >= 0.6 is 0 Å². The van der Waals surface area contributed by atoms with Crippen LogP contribution in [0.3, 0.4) is 0 Å². The number of carbonyl (C=O) groups excluding carboxylic acids is 1. The third kappa shape index (κ3) is 1.39. The van der Waals surface area contributed by atoms with Gasteiger partial charge in [0.05, 0.1) is 12.6 Å². The number of ether oxygens (including phenoxy) is 1. The Morgan fingerprint density at radius 2 is 2.11 bits per heavy atom. The summed E-state index contributed by atoms with van der Waals surface area (Å²) in [7, 11) is 1.36. The number of nitrogens with zero attached hydrogens (tertiary/aromatic N) is 1. The number of rotatable bonds is 1. The van der Waals surface area contributed by atoms with Gasteiger partial charge in [0.15, 0.2) is 5.69 Å². The van der Waals surface area contributed by atoms with Gasteiger partial charge in [-0.3, -0.25) is 0 Å². The lowest BCUT2D eigenvalue weighted by Crippen LogP contribution is -2.05. The average molecular weight is 240 g/mol. The third-order valence-corrected chi connectivity index (χ3v) is 3.10. The van der Waals surface area contributed by atoms with Crippen molar-refractivity contribution in [2.75, 3.05) is 7.11 Å². The number of esters is 1. The van der Waals surface area contributed by atoms with Crippen LogP contribution < -0.4 is 0 Å². The maximum absolute atomic E-state index is 11.7. The largest absolute Gasteiger partial charge is 0.464 e. The van der Waals surface area contributed by atoms with Crippen molar-refractivity contribution < 1.29 is 9.53 Å². The van der Waals surface area contributed by atoms with Crippen LogP contribution in [0.5, 0.6) is 0 Å². The molecule has 3 aromatic rings. The van der Waals surface area contributed by atoms with E-state index in [1.54, 1.807) is 6.20 Å². The number of hydrogen-bond acceptors (Lipinski definition) is 3. The molecule has 0 radical (unpaired) electrons. The van der Waals surface area contributed by atoms with Crippen molar-refractivity contribution in [3.8, 4) is 0 Å². The van der Waals surface area contributed by atoms with Crippen LogP contribution in [-0.2, 0) is 4.74 Å². The number of fused-ring (bicyclic) bond motifs is 3. The lowest BCUT2D eigenvalue weighted by molar-refractivity contribution is 0.0596. The molecule has 0 aliphatic rings. The van der Waals surface area contributed by atoms with Crippen molar-refractivity contribution in [1.29, 1.82) is 0 Å². The maximum Gasteiger partial charge on any atom is 0.358 e. The third-order valence-electron chi connectivity index (χ3n) is 3.10. The molecule has 0 saturated heterocycles. The number of methoxy groups -OCH3 is 1. The van der Waals surface area contributed by atoms with Crippen molar-refractivity contribution in [2.45, 2.75) is 6.92 Å². The molecule has 4 heteroatoms. The van der Waals surface area contributed by atoms with Crippen LogP contribution in [0.2, 0.25) is 0 Å². The summed E-state index contributed by atoms with van der Waals surface area (Å²) in [6, 6.07) is 7.95. The summed E-state index contributed by atoms with van der Waals surface area (Å²) in [5.41, 5.74) is 3.10. The Balaban J connectivity index is 2.49. The second-order valence-electron chi connectivity index (χ2n) is 4.20. The van der Waals surface area contributed by atoms with Crippen LogP contribution in [-0.4, -0.2) is 23.0 Å². The Labute approximate surface area is 104 Å². The molecule has 0 bridgehead atoms. The molecule has 0 spiro atoms. The van der Waals surface area contributed by atoms with E-state index in [-0.39, 0.29) is 0 Å². The zero-order valence-electron chi connectivity index (χ0n) is 10.2. The smallest absolute Gasteiger partial charge is 0.358 e. The zero-order valence-corrected chi connectivity index (χ0v) is 10.2. The fourth-order valence-corrected chi connectivity index (χ4v) is 2.27. The van der Waals surface area contributed by atoms with E-state index in [0.29, 0.717) is 5.69 Å². The summed E-state index contributed by atoms with van der Waals surface area (Å²) in [4.78, 5) is 19.1. The molecule has 0 aliphatic heterocycles. The van der Waals surface area contributed by atoms with E-state index < -0.39 is 5.97 Å². The van der Waals surface area contributed by atoms with Gasteiger partial charge >= 0.3 is 5.97 Å². The summed E-state index contributed by atoms with van der Waals surface area (Å²) in [6.45, 7) is 1.98. The summed E-state index contributed by atoms with van der Waals surface area (Å²) < 4.78 is 4.76. The molecule has 0 fully saturated rings. The molecule has 2 heterocycles. The predicted octanol–water partition coefficient (Wildman–Crippen LogP) is 2.81. The number of H-pyrrole nitrogens is 1. The quantitative estimate of drug-likeness (QED) is 0.665. The minimum Gasteiger partial charge on any atom is -0.464 e. The Hall–Kier alpha value is -2.36. The van der Waals surface area contributed by atoms with Crippen molar-refractivity contribution >= 4 is 27.8 Å². The molecule has 90 valence electrons. The highest BCUT2D eigenvalue weighted by molar-refractivity contribution is 6.14. The SMILES string of the molecule is COC(=O)c1ncc(C)c2c1[nH]c1ccccc12. The molecule has 1 N–H and O–H groups in total. The van der Waals surface area contributed by atoms with Gasteiger partial charge in [-0.25, -0.2) is 9.78 Å². The van der Waals surface area contributed by atoms with Crippen LogP contribution in [0.4, 0.5) is 0 Å². The molecule has 0 unspecified atom stereocenters. The Morgan fingerprint density at radius 3 is 2.89 bits per heavy atom. The van der Waals surface area contributed by atoms with Crippen molar-refractivity contribution in [1.82, 2.24) is 9.97 Å². The van der Waals surface area contributed by atoms with Gasteiger partial charge in [0, 0.05) is 22.5 Å². The minimum atomic E-state index is -0.424. The van der Waals surface area contributed by atoms with Gasteiger partial charge < -0.3 is 9.72 Å². The number of hydrogen-bond donors (Lipinski definition) is 1. The van der Waals surface area contributed by atoms with Crippen molar-refractivity contribution in [3.63, 3.8) is 0 Å². The first-order chi connectivity index (χ1) is 8.72. The van der Waals surface area contributed by atoms with Crippen molar-refractivity contribution in [2.24, 2.45) is 0 Å². The second-order valence-corrected chi connectivity index (χ2v) is 4.20. The average Bonchev–Trinajstić information content (AvgIpc) is 2.78. The number of nitrogens with one attached hydrogen (secondary N) is 1. The molecule has 2 aromatic heterocycles. The Kier molecular flexibility index (Phi) is 2.30. The van der Waals surface area contributed by atoms with Crippen molar-refractivity contribution in [3.05, 3.63) is 41.7 Å². The summed E-state index contributed by atoms with van der Waals surface area (Å²) in [5, 5.41) is 2.12. The molecule has 18 heavy (non-hydrogen) atoms. The van der Waals surface area contributed by atoms with Crippen LogP contribution in [0.25, 0.3) is 21.8 Å². The highest BCUT2D eigenvalue weighted by atomic mass is 16.5. The molecule has 3 rings (SSSR count). The molecule has 4 nitrogen and oxygen atoms in total. The summed E-state index contributed by atoms with van der Waals surface area (Å²) in [5.74, 6) is -0.424. The number of benzene rings is 1. The summed E-state index contributed by atoms with van der Waals surface area (Å²) in [6.07, 6.45) is 1.70. The van der Waals surface area contributed by atoms with E-state index in [2.05, 4.69) is 9.97 Å². The van der Waals surface area contributed by atoms with Gasteiger partial charge in [-0.05, 0) is 18.6 Å². The first-order valence-corrected chi connectivity index (χ1v) is 5.66. The molecule has 1 aromatic carbocycles. The highest BCUT2D eigenvalue weighted by Gasteiger charge is 2.17. The Bertz CT molecular complexity index is 759. The standard InChI is InChI=1S/C14H12N2O2/c1-8-7-15-13(14(17)18-2)12-11(8)9-5-3-4-6-10(9)16-12/h3-7,16H,1-2H3. The van der Waals surface area contributed by atoms with E-state index in [4.69, 9.17) is 4.74 Å². The minimum absolute atomic E-state index is 0.328. The highest BCUT2D eigenvalue weighted by Crippen LogP contribution is 2.29. The lowest BCUT2D eigenvalue weighted by atomic mass is 10.1. The number of aromatic amines is 1. The predicted molar refractivity (Wildman–Crippen MR) is 69.7 cm³/mol. The topological polar surface area (TPSA) is 55.0 Å². The number of para-hydroxylation sites is 1. The molecule has 0 atom stereocenters. The molecular formula is C14H12N2O2. The van der Waals surface area contributed by atoms with Gasteiger partial charge in [0.2, 0.25) is 0 Å². The maximum atomic E-state index is 11.7. The molecule has 0 amide bonds. The number of aryl methyl sites for hydroxylation is 1. The normalized spacial score (nSPS) is 11.0. The van der Waals surface area contributed by atoms with Crippen LogP contribution in [0.1, 0.15) is 16.1 Å². The first kappa shape index (κ1) is 10.8. The van der Waals surface area contributed by atoms with Gasteiger partial charge in [0.1, 0.15) is 0 Å². The van der Waals surface area contributed by atoms with Crippen LogP contribution in [0.15, 0.2) is 30.5 Å². The van der Waals surface area contributed by atoms with Crippen LogP contribution in [0, 0.1) is 6.92 Å². The van der Waals surface area contributed by atoms with E-state index >= 15 is 0 Å². The monoisotopic (exact) mass is 240 g/mol. The van der Waals surface area contributed by atoms with E-state index in [0.717, 1.165) is 27.4 Å². The summed E-state index contributed by atoms with van der Waals surface area (Å²) >= 11 is 0. The number of pyridine rings is 1. The lowest BCUT2D eigenvalue weighted by Gasteiger charge is -2.02. The molecule has 0 aliphatic carbocycles. The van der Waals surface area contributed by atoms with Gasteiger partial charge in [-0.2, -0.15) is 0 Å². The van der Waals surface area contributed by atoms with Gasteiger partial charge in [0.25, 0.3) is 0 Å². The first-order valence-electron chi connectivity index (χ1n) is 5.66. The van der Waals surface area contributed by atoms with E-state index in [1.165, 1.54) is 7.11 Å². The number of aromatic nitrogens is 2. The Morgan fingerprint density at radius 1 is 1.33 bits per heavy atom. The van der Waals surface area contributed by atoms with E-state index in [9.17, 15) is 4.79 Å². The number of carbonyl (C=O) groups is 1. The fourth-order valence-electron chi connectivity index (χ4n) is 2.27. The second kappa shape index (κ2) is 3.84. The van der Waals surface area contributed by atoms with E-state index in [1.807, 2.05) is 31.2 Å².